The molecule has 1 fully saturated rings. The van der Waals surface area contributed by atoms with Crippen molar-refractivity contribution >= 4 is 35.9 Å². The highest BCUT2D eigenvalue weighted by Crippen LogP contribution is 2.14. The smallest absolute Gasteiger partial charge is 0.225 e. The van der Waals surface area contributed by atoms with E-state index in [1.165, 1.54) is 5.56 Å². The molecule has 8 nitrogen and oxygen atoms in total. The summed E-state index contributed by atoms with van der Waals surface area (Å²) < 4.78 is 5.97. The van der Waals surface area contributed by atoms with Crippen LogP contribution in [0.1, 0.15) is 12.5 Å². The molecule has 9 heteroatoms. The number of hydrogen-bond acceptors (Lipinski definition) is 6. The third kappa shape index (κ3) is 8.48. The standard InChI is InChI=1S/C22H33N7O.HI/c1-18-6-4-7-20(16-18)30-19(2)17-27-21(23-3)24-10-11-28-12-14-29(15-13-28)22-25-8-5-9-26-22;/h4-9,16,19H,10-15,17H2,1-3H3,(H2,23,24,27);1H. The van der Waals surface area contributed by atoms with Crippen molar-refractivity contribution in [2.45, 2.75) is 20.0 Å². The number of ether oxygens (including phenoxy) is 1. The van der Waals surface area contributed by atoms with Gasteiger partial charge in [-0.15, -0.1) is 24.0 Å². The molecule has 2 aromatic rings. The molecule has 1 aliphatic rings. The molecule has 0 radical (unpaired) electrons. The summed E-state index contributed by atoms with van der Waals surface area (Å²) in [7, 11) is 1.79. The van der Waals surface area contributed by atoms with Gasteiger partial charge in [-0.2, -0.15) is 0 Å². The summed E-state index contributed by atoms with van der Waals surface area (Å²) in [5.74, 6) is 2.51. The van der Waals surface area contributed by atoms with Crippen molar-refractivity contribution in [2.75, 3.05) is 57.8 Å². The van der Waals surface area contributed by atoms with Crippen LogP contribution in [0.5, 0.6) is 5.75 Å². The zero-order valence-corrected chi connectivity index (χ0v) is 21.0. The summed E-state index contributed by atoms with van der Waals surface area (Å²) in [5.41, 5.74) is 1.20. The second kappa shape index (κ2) is 13.3. The first-order chi connectivity index (χ1) is 14.6. The maximum atomic E-state index is 5.97. The highest BCUT2D eigenvalue weighted by atomic mass is 127. The number of benzene rings is 1. The molecule has 0 bridgehead atoms. The van der Waals surface area contributed by atoms with Crippen molar-refractivity contribution in [1.29, 1.82) is 0 Å². The molecule has 0 saturated carbocycles. The molecule has 3 rings (SSSR count). The molecule has 2 heterocycles. The number of nitrogens with one attached hydrogen (secondary N) is 2. The quantitative estimate of drug-likeness (QED) is 0.303. The predicted octanol–water partition coefficient (Wildman–Crippen LogP) is 2.16. The highest BCUT2D eigenvalue weighted by molar-refractivity contribution is 14.0. The third-order valence-electron chi connectivity index (χ3n) is 5.04. The molecule has 1 saturated heterocycles. The average molecular weight is 539 g/mol. The van der Waals surface area contributed by atoms with Crippen LogP contribution in [0.2, 0.25) is 0 Å². The van der Waals surface area contributed by atoms with Crippen molar-refractivity contribution in [3.05, 3.63) is 48.3 Å². The van der Waals surface area contributed by atoms with Crippen LogP contribution in [0, 0.1) is 6.92 Å². The molecule has 1 aromatic heterocycles. The number of rotatable bonds is 8. The number of piperazine rings is 1. The number of guanidine groups is 1. The molecule has 170 valence electrons. The van der Waals surface area contributed by atoms with Gasteiger partial charge in [0, 0.05) is 58.7 Å². The van der Waals surface area contributed by atoms with Crippen LogP contribution in [-0.2, 0) is 0 Å². The second-order valence-corrected chi connectivity index (χ2v) is 7.50. The Balaban J connectivity index is 0.00000341. The van der Waals surface area contributed by atoms with Gasteiger partial charge < -0.3 is 20.3 Å². The predicted molar refractivity (Wildman–Crippen MR) is 137 cm³/mol. The van der Waals surface area contributed by atoms with Gasteiger partial charge in [0.25, 0.3) is 0 Å². The van der Waals surface area contributed by atoms with Gasteiger partial charge in [-0.3, -0.25) is 9.89 Å². The van der Waals surface area contributed by atoms with Gasteiger partial charge in [0.15, 0.2) is 5.96 Å². The van der Waals surface area contributed by atoms with Crippen LogP contribution in [0.25, 0.3) is 0 Å². The molecule has 0 spiro atoms. The van der Waals surface area contributed by atoms with E-state index in [4.69, 9.17) is 4.74 Å². The number of halogens is 1. The van der Waals surface area contributed by atoms with E-state index in [9.17, 15) is 0 Å². The SMILES string of the molecule is CN=C(NCCN1CCN(c2ncccn2)CC1)NCC(C)Oc1cccc(C)c1.I. The molecular formula is C22H34IN7O. The van der Waals surface area contributed by atoms with E-state index in [2.05, 4.69) is 55.3 Å². The Kier molecular flexibility index (Phi) is 10.8. The van der Waals surface area contributed by atoms with E-state index in [-0.39, 0.29) is 30.1 Å². The zero-order chi connectivity index (χ0) is 21.2. The van der Waals surface area contributed by atoms with Crippen LogP contribution in [0.4, 0.5) is 5.95 Å². The molecule has 2 N–H and O–H groups in total. The maximum Gasteiger partial charge on any atom is 0.225 e. The maximum absolute atomic E-state index is 5.97. The molecule has 31 heavy (non-hydrogen) atoms. The van der Waals surface area contributed by atoms with E-state index in [1.807, 2.05) is 24.3 Å². The monoisotopic (exact) mass is 539 g/mol. The van der Waals surface area contributed by atoms with Crippen LogP contribution in [-0.4, -0.2) is 79.8 Å². The molecule has 1 aliphatic heterocycles. The van der Waals surface area contributed by atoms with Crippen molar-refractivity contribution < 1.29 is 4.74 Å². The summed E-state index contributed by atoms with van der Waals surface area (Å²) in [4.78, 5) is 17.7. The lowest BCUT2D eigenvalue weighted by molar-refractivity contribution is 0.223. The minimum absolute atomic E-state index is 0. The lowest BCUT2D eigenvalue weighted by Crippen LogP contribution is -2.50. The van der Waals surface area contributed by atoms with E-state index in [1.54, 1.807) is 19.4 Å². The lowest BCUT2D eigenvalue weighted by atomic mass is 10.2. The summed E-state index contributed by atoms with van der Waals surface area (Å²) in [5, 5.41) is 6.73. The largest absolute Gasteiger partial charge is 0.489 e. The van der Waals surface area contributed by atoms with Gasteiger partial charge in [0.05, 0.1) is 6.54 Å². The van der Waals surface area contributed by atoms with Crippen LogP contribution >= 0.6 is 24.0 Å². The average Bonchev–Trinajstić information content (AvgIpc) is 2.77. The summed E-state index contributed by atoms with van der Waals surface area (Å²) in [6.45, 7) is 10.5. The highest BCUT2D eigenvalue weighted by Gasteiger charge is 2.18. The molecule has 1 unspecified atom stereocenters. The van der Waals surface area contributed by atoms with Gasteiger partial charge in [0.2, 0.25) is 5.95 Å². The molecule has 0 amide bonds. The van der Waals surface area contributed by atoms with Crippen molar-refractivity contribution in [1.82, 2.24) is 25.5 Å². The number of hydrogen-bond donors (Lipinski definition) is 2. The fourth-order valence-electron chi connectivity index (χ4n) is 3.38. The number of aliphatic imine (C=N–C) groups is 1. The Morgan fingerprint density at radius 2 is 1.87 bits per heavy atom. The summed E-state index contributed by atoms with van der Waals surface area (Å²) >= 11 is 0. The Hall–Kier alpha value is -2.14. The Morgan fingerprint density at radius 1 is 1.13 bits per heavy atom. The Morgan fingerprint density at radius 3 is 2.55 bits per heavy atom. The minimum Gasteiger partial charge on any atom is -0.489 e. The zero-order valence-electron chi connectivity index (χ0n) is 18.6. The fourth-order valence-corrected chi connectivity index (χ4v) is 3.38. The van der Waals surface area contributed by atoms with E-state index >= 15 is 0 Å². The normalized spacial score (nSPS) is 15.7. The van der Waals surface area contributed by atoms with Crippen molar-refractivity contribution in [2.24, 2.45) is 4.99 Å². The molecule has 0 aliphatic carbocycles. The lowest BCUT2D eigenvalue weighted by Gasteiger charge is -2.34. The first-order valence-electron chi connectivity index (χ1n) is 10.6. The van der Waals surface area contributed by atoms with Crippen LogP contribution < -0.4 is 20.3 Å². The third-order valence-corrected chi connectivity index (χ3v) is 5.04. The fraction of sp³-hybridized carbons (Fsp3) is 0.500. The van der Waals surface area contributed by atoms with Crippen molar-refractivity contribution in [3.63, 3.8) is 0 Å². The first-order valence-corrected chi connectivity index (χ1v) is 10.6. The minimum atomic E-state index is 0. The van der Waals surface area contributed by atoms with Gasteiger partial charge in [0.1, 0.15) is 11.9 Å². The van der Waals surface area contributed by atoms with Gasteiger partial charge in [-0.1, -0.05) is 12.1 Å². The Bertz CT molecular complexity index is 797. The first kappa shape index (κ1) is 25.1. The van der Waals surface area contributed by atoms with Gasteiger partial charge in [-0.05, 0) is 37.6 Å². The molecule has 1 atom stereocenters. The van der Waals surface area contributed by atoms with Gasteiger partial charge >= 0.3 is 0 Å². The number of anilines is 1. The summed E-state index contributed by atoms with van der Waals surface area (Å²) in [6.07, 6.45) is 3.63. The second-order valence-electron chi connectivity index (χ2n) is 7.50. The van der Waals surface area contributed by atoms with Gasteiger partial charge in [-0.25, -0.2) is 9.97 Å². The number of aryl methyl sites for hydroxylation is 1. The molecule has 1 aromatic carbocycles. The topological polar surface area (TPSA) is 77.9 Å². The van der Waals surface area contributed by atoms with Crippen LogP contribution in [0.3, 0.4) is 0 Å². The van der Waals surface area contributed by atoms with E-state index < -0.39 is 0 Å². The van der Waals surface area contributed by atoms with E-state index in [0.29, 0.717) is 6.54 Å². The number of nitrogens with zero attached hydrogens (tertiary/aromatic N) is 5. The van der Waals surface area contributed by atoms with Crippen molar-refractivity contribution in [3.8, 4) is 5.75 Å². The van der Waals surface area contributed by atoms with Crippen LogP contribution in [0.15, 0.2) is 47.7 Å². The molecular weight excluding hydrogens is 505 g/mol. The number of aromatic nitrogens is 2. The van der Waals surface area contributed by atoms with E-state index in [0.717, 1.165) is 56.9 Å². The Labute approximate surface area is 202 Å². The summed E-state index contributed by atoms with van der Waals surface area (Å²) in [6, 6.07) is 9.96.